The van der Waals surface area contributed by atoms with Crippen LogP contribution in [0.3, 0.4) is 0 Å². The highest BCUT2D eigenvalue weighted by Crippen LogP contribution is 2.32. The van der Waals surface area contributed by atoms with E-state index in [0.29, 0.717) is 11.8 Å². The molecule has 2 N–H and O–H groups in total. The van der Waals surface area contributed by atoms with Gasteiger partial charge in [0.2, 0.25) is 11.8 Å². The third-order valence-electron chi connectivity index (χ3n) is 2.18. The second-order valence-electron chi connectivity index (χ2n) is 3.41. The molecule has 1 aromatic heterocycles. The molecule has 1 heterocycles. The molecule has 0 bridgehead atoms. The van der Waals surface area contributed by atoms with Gasteiger partial charge in [0.25, 0.3) is 0 Å². The summed E-state index contributed by atoms with van der Waals surface area (Å²) in [5, 5.41) is 0. The van der Waals surface area contributed by atoms with E-state index >= 15 is 0 Å². The molecule has 1 aliphatic carbocycles. The van der Waals surface area contributed by atoms with Gasteiger partial charge >= 0.3 is 0 Å². The Kier molecular flexibility index (Phi) is 2.04. The first kappa shape index (κ1) is 8.29. The molecule has 0 amide bonds. The fraction of sp³-hybridized carbons (Fsp3) is 0.556. The lowest BCUT2D eigenvalue weighted by Gasteiger charge is -2.03. The van der Waals surface area contributed by atoms with Gasteiger partial charge in [0.15, 0.2) is 0 Å². The lowest BCUT2D eigenvalue weighted by atomic mass is 10.2. The van der Waals surface area contributed by atoms with Crippen LogP contribution in [-0.2, 0) is 6.42 Å². The van der Waals surface area contributed by atoms with Crippen LogP contribution in [0.2, 0.25) is 0 Å². The third kappa shape index (κ3) is 2.08. The highest BCUT2D eigenvalue weighted by molar-refractivity contribution is 5.26. The highest BCUT2D eigenvalue weighted by Gasteiger charge is 2.22. The van der Waals surface area contributed by atoms with E-state index in [-0.39, 0.29) is 0 Å². The number of hydrogen-bond donors (Lipinski definition) is 1. The van der Waals surface area contributed by atoms with Crippen molar-refractivity contribution in [3.05, 3.63) is 11.8 Å². The van der Waals surface area contributed by atoms with Crippen molar-refractivity contribution < 1.29 is 4.74 Å². The van der Waals surface area contributed by atoms with E-state index in [4.69, 9.17) is 10.5 Å². The van der Waals surface area contributed by atoms with E-state index in [1.54, 1.807) is 7.11 Å². The van der Waals surface area contributed by atoms with E-state index in [1.165, 1.54) is 12.8 Å². The van der Waals surface area contributed by atoms with Crippen molar-refractivity contribution in [1.82, 2.24) is 9.97 Å². The molecule has 1 saturated carbocycles. The molecule has 4 nitrogen and oxygen atoms in total. The summed E-state index contributed by atoms with van der Waals surface area (Å²) < 4.78 is 5.01. The fourth-order valence-electron chi connectivity index (χ4n) is 1.32. The molecule has 1 aliphatic rings. The monoisotopic (exact) mass is 179 g/mol. The Labute approximate surface area is 77.1 Å². The number of hydrogen-bond acceptors (Lipinski definition) is 4. The molecule has 0 atom stereocenters. The van der Waals surface area contributed by atoms with Crippen molar-refractivity contribution in [3.8, 4) is 5.88 Å². The van der Waals surface area contributed by atoms with Crippen LogP contribution in [0.4, 0.5) is 5.95 Å². The quantitative estimate of drug-likeness (QED) is 0.752. The number of nitrogen functional groups attached to an aromatic ring is 1. The van der Waals surface area contributed by atoms with Crippen LogP contribution >= 0.6 is 0 Å². The molecular weight excluding hydrogens is 166 g/mol. The SMILES string of the molecule is COc1cc(CC2CC2)nc(N)n1. The van der Waals surface area contributed by atoms with Gasteiger partial charge in [-0.05, 0) is 25.2 Å². The molecule has 2 rings (SSSR count). The van der Waals surface area contributed by atoms with Gasteiger partial charge in [0.1, 0.15) is 0 Å². The summed E-state index contributed by atoms with van der Waals surface area (Å²) in [6.45, 7) is 0. The van der Waals surface area contributed by atoms with Crippen LogP contribution in [0.1, 0.15) is 18.5 Å². The number of methoxy groups -OCH3 is 1. The molecule has 0 unspecified atom stereocenters. The van der Waals surface area contributed by atoms with Gasteiger partial charge in [-0.1, -0.05) is 0 Å². The molecule has 0 saturated heterocycles. The Morgan fingerprint density at radius 1 is 1.54 bits per heavy atom. The first-order chi connectivity index (χ1) is 6.28. The minimum atomic E-state index is 0.301. The summed E-state index contributed by atoms with van der Waals surface area (Å²) in [4.78, 5) is 8.07. The van der Waals surface area contributed by atoms with E-state index in [0.717, 1.165) is 18.0 Å². The average molecular weight is 179 g/mol. The highest BCUT2D eigenvalue weighted by atomic mass is 16.5. The molecule has 0 aromatic carbocycles. The summed E-state index contributed by atoms with van der Waals surface area (Å²) >= 11 is 0. The maximum atomic E-state index is 5.53. The van der Waals surface area contributed by atoms with E-state index in [2.05, 4.69) is 9.97 Å². The van der Waals surface area contributed by atoms with Crippen LogP contribution < -0.4 is 10.5 Å². The maximum Gasteiger partial charge on any atom is 0.223 e. The van der Waals surface area contributed by atoms with E-state index < -0.39 is 0 Å². The molecule has 0 spiro atoms. The second kappa shape index (κ2) is 3.20. The molecule has 70 valence electrons. The van der Waals surface area contributed by atoms with Crippen molar-refractivity contribution in [2.75, 3.05) is 12.8 Å². The van der Waals surface area contributed by atoms with Gasteiger partial charge in [-0.3, -0.25) is 0 Å². The molecule has 1 fully saturated rings. The standard InChI is InChI=1S/C9H13N3O/c1-13-8-5-7(4-6-2-3-6)11-9(10)12-8/h5-6H,2-4H2,1H3,(H2,10,11,12). The summed E-state index contributed by atoms with van der Waals surface area (Å²) in [6.07, 6.45) is 3.63. The topological polar surface area (TPSA) is 61.0 Å². The zero-order chi connectivity index (χ0) is 9.26. The zero-order valence-corrected chi connectivity index (χ0v) is 7.66. The van der Waals surface area contributed by atoms with Gasteiger partial charge in [0.05, 0.1) is 12.8 Å². The molecule has 4 heteroatoms. The Morgan fingerprint density at radius 2 is 2.31 bits per heavy atom. The van der Waals surface area contributed by atoms with E-state index in [9.17, 15) is 0 Å². The predicted octanol–water partition coefficient (Wildman–Crippen LogP) is 1.02. The average Bonchev–Trinajstić information content (AvgIpc) is 2.87. The first-order valence-corrected chi connectivity index (χ1v) is 4.45. The predicted molar refractivity (Wildman–Crippen MR) is 49.4 cm³/mol. The normalized spacial score (nSPS) is 15.8. The molecular formula is C9H13N3O. The Hall–Kier alpha value is -1.32. The van der Waals surface area contributed by atoms with Gasteiger partial charge in [0, 0.05) is 6.07 Å². The second-order valence-corrected chi connectivity index (χ2v) is 3.41. The van der Waals surface area contributed by atoms with Crippen LogP contribution in [-0.4, -0.2) is 17.1 Å². The molecule has 1 aromatic rings. The van der Waals surface area contributed by atoms with Gasteiger partial charge in [-0.15, -0.1) is 0 Å². The molecule has 13 heavy (non-hydrogen) atoms. The summed E-state index contributed by atoms with van der Waals surface area (Å²) in [5.74, 6) is 1.66. The van der Waals surface area contributed by atoms with Crippen molar-refractivity contribution in [1.29, 1.82) is 0 Å². The maximum absolute atomic E-state index is 5.53. The largest absolute Gasteiger partial charge is 0.481 e. The number of anilines is 1. The number of aromatic nitrogens is 2. The number of nitrogens with two attached hydrogens (primary N) is 1. The van der Waals surface area contributed by atoms with Crippen LogP contribution in [0.5, 0.6) is 5.88 Å². The summed E-state index contributed by atoms with van der Waals surface area (Å²) in [5.41, 5.74) is 6.52. The molecule has 0 radical (unpaired) electrons. The lowest BCUT2D eigenvalue weighted by Crippen LogP contribution is -2.02. The fourth-order valence-corrected chi connectivity index (χ4v) is 1.32. The Balaban J connectivity index is 2.17. The summed E-state index contributed by atoms with van der Waals surface area (Å²) in [7, 11) is 1.59. The van der Waals surface area contributed by atoms with Crippen LogP contribution in [0.15, 0.2) is 6.07 Å². The van der Waals surface area contributed by atoms with Crippen molar-refractivity contribution in [2.24, 2.45) is 5.92 Å². The van der Waals surface area contributed by atoms with Gasteiger partial charge in [-0.2, -0.15) is 4.98 Å². The Bertz CT molecular complexity index is 310. The van der Waals surface area contributed by atoms with Crippen molar-refractivity contribution in [2.45, 2.75) is 19.3 Å². The number of rotatable bonds is 3. The van der Waals surface area contributed by atoms with Gasteiger partial charge < -0.3 is 10.5 Å². The number of nitrogens with zero attached hydrogens (tertiary/aromatic N) is 2. The van der Waals surface area contributed by atoms with Crippen molar-refractivity contribution in [3.63, 3.8) is 0 Å². The van der Waals surface area contributed by atoms with Gasteiger partial charge in [-0.25, -0.2) is 4.98 Å². The van der Waals surface area contributed by atoms with E-state index in [1.807, 2.05) is 6.07 Å². The minimum Gasteiger partial charge on any atom is -0.481 e. The zero-order valence-electron chi connectivity index (χ0n) is 7.66. The summed E-state index contributed by atoms with van der Waals surface area (Å²) in [6, 6.07) is 1.86. The van der Waals surface area contributed by atoms with Crippen LogP contribution in [0.25, 0.3) is 0 Å². The number of ether oxygens (including phenoxy) is 1. The first-order valence-electron chi connectivity index (χ1n) is 4.45. The minimum absolute atomic E-state index is 0.301. The Morgan fingerprint density at radius 3 is 2.92 bits per heavy atom. The van der Waals surface area contributed by atoms with Crippen molar-refractivity contribution >= 4 is 5.95 Å². The lowest BCUT2D eigenvalue weighted by molar-refractivity contribution is 0.396. The van der Waals surface area contributed by atoms with Crippen LogP contribution in [0, 0.1) is 5.92 Å². The third-order valence-corrected chi connectivity index (χ3v) is 2.18. The smallest absolute Gasteiger partial charge is 0.223 e. The molecule has 0 aliphatic heterocycles.